The van der Waals surface area contributed by atoms with Gasteiger partial charge in [-0.15, -0.1) is 0 Å². The molecule has 1 heterocycles. The minimum Gasteiger partial charge on any atom is -0.294 e. The maximum atomic E-state index is 12.0. The summed E-state index contributed by atoms with van der Waals surface area (Å²) in [5.41, 5.74) is 2.78. The van der Waals surface area contributed by atoms with Gasteiger partial charge in [0.15, 0.2) is 5.78 Å². The van der Waals surface area contributed by atoms with Gasteiger partial charge in [-0.25, -0.2) is 0 Å². The molecular weight excluding hydrogens is 278 g/mol. The van der Waals surface area contributed by atoms with E-state index in [1.807, 2.05) is 37.3 Å². The second kappa shape index (κ2) is 5.23. The van der Waals surface area contributed by atoms with Gasteiger partial charge in [0.25, 0.3) is 0 Å². The van der Waals surface area contributed by atoms with Gasteiger partial charge >= 0.3 is 0 Å². The first kappa shape index (κ1) is 12.0. The molecule has 0 bridgehead atoms. The summed E-state index contributed by atoms with van der Waals surface area (Å²) >= 11 is 3.35. The first-order valence-corrected chi connectivity index (χ1v) is 6.14. The molecule has 0 N–H and O–H groups in total. The van der Waals surface area contributed by atoms with E-state index < -0.39 is 0 Å². The topological polar surface area (TPSA) is 30.0 Å². The van der Waals surface area contributed by atoms with Gasteiger partial charge < -0.3 is 0 Å². The molecule has 0 amide bonds. The molecule has 0 radical (unpaired) electrons. The second-order valence-electron chi connectivity index (χ2n) is 3.98. The number of pyridine rings is 1. The van der Waals surface area contributed by atoms with Gasteiger partial charge in [0, 0.05) is 28.9 Å². The third-order valence-corrected chi connectivity index (χ3v) is 2.90. The summed E-state index contributed by atoms with van der Waals surface area (Å²) in [6.45, 7) is 1.98. The zero-order valence-corrected chi connectivity index (χ0v) is 11.1. The standard InChI is InChI=1S/C14H12BrNO/c1-10-3-2-4-12(5-10)14(17)7-11-6-13(15)9-16-8-11/h2-6,8-9H,7H2,1H3. The lowest BCUT2D eigenvalue weighted by atomic mass is 10.0. The number of aryl methyl sites for hydroxylation is 1. The van der Waals surface area contributed by atoms with Crippen LogP contribution in [0.3, 0.4) is 0 Å². The van der Waals surface area contributed by atoms with E-state index >= 15 is 0 Å². The molecule has 3 heteroatoms. The van der Waals surface area contributed by atoms with Crippen LogP contribution in [0, 0.1) is 6.92 Å². The molecule has 0 unspecified atom stereocenters. The molecule has 0 atom stereocenters. The van der Waals surface area contributed by atoms with Gasteiger partial charge in [0.1, 0.15) is 0 Å². The fourth-order valence-electron chi connectivity index (χ4n) is 1.66. The van der Waals surface area contributed by atoms with E-state index in [-0.39, 0.29) is 5.78 Å². The van der Waals surface area contributed by atoms with E-state index in [2.05, 4.69) is 20.9 Å². The number of aromatic nitrogens is 1. The molecule has 1 aromatic carbocycles. The fraction of sp³-hybridized carbons (Fsp3) is 0.143. The van der Waals surface area contributed by atoms with Crippen LogP contribution in [0.4, 0.5) is 0 Å². The largest absolute Gasteiger partial charge is 0.294 e. The Bertz CT molecular complexity index is 551. The molecule has 0 aliphatic carbocycles. The number of Topliss-reactive ketones (excluding diaryl/α,β-unsaturated/α-hetero) is 1. The van der Waals surface area contributed by atoms with Crippen molar-refractivity contribution >= 4 is 21.7 Å². The van der Waals surface area contributed by atoms with Crippen LogP contribution in [0.25, 0.3) is 0 Å². The maximum absolute atomic E-state index is 12.0. The highest BCUT2D eigenvalue weighted by Crippen LogP contribution is 2.13. The van der Waals surface area contributed by atoms with Crippen LogP contribution < -0.4 is 0 Å². The number of carbonyl (C=O) groups excluding carboxylic acids is 1. The SMILES string of the molecule is Cc1cccc(C(=O)Cc2cncc(Br)c2)c1. The number of halogens is 1. The van der Waals surface area contributed by atoms with E-state index in [1.54, 1.807) is 12.4 Å². The van der Waals surface area contributed by atoms with Crippen molar-refractivity contribution in [2.45, 2.75) is 13.3 Å². The Hall–Kier alpha value is -1.48. The molecule has 2 aromatic rings. The van der Waals surface area contributed by atoms with Gasteiger partial charge in [0.2, 0.25) is 0 Å². The number of benzene rings is 1. The lowest BCUT2D eigenvalue weighted by Gasteiger charge is -2.02. The lowest BCUT2D eigenvalue weighted by molar-refractivity contribution is 0.0993. The van der Waals surface area contributed by atoms with Crippen molar-refractivity contribution in [2.24, 2.45) is 0 Å². The number of hydrogen-bond acceptors (Lipinski definition) is 2. The smallest absolute Gasteiger partial charge is 0.167 e. The predicted octanol–water partition coefficient (Wildman–Crippen LogP) is 3.58. The van der Waals surface area contributed by atoms with Crippen molar-refractivity contribution in [3.05, 3.63) is 63.9 Å². The molecular formula is C14H12BrNO. The van der Waals surface area contributed by atoms with E-state index in [0.29, 0.717) is 6.42 Å². The fourth-order valence-corrected chi connectivity index (χ4v) is 2.07. The van der Waals surface area contributed by atoms with Crippen molar-refractivity contribution in [2.75, 3.05) is 0 Å². The highest BCUT2D eigenvalue weighted by atomic mass is 79.9. The van der Waals surface area contributed by atoms with Crippen molar-refractivity contribution in [1.29, 1.82) is 0 Å². The number of hydrogen-bond donors (Lipinski definition) is 0. The monoisotopic (exact) mass is 289 g/mol. The Morgan fingerprint density at radius 2 is 2.12 bits per heavy atom. The summed E-state index contributed by atoms with van der Waals surface area (Å²) in [6.07, 6.45) is 3.81. The molecule has 0 aliphatic rings. The van der Waals surface area contributed by atoms with E-state index in [4.69, 9.17) is 0 Å². The molecule has 0 aliphatic heterocycles. The molecule has 0 spiro atoms. The number of ketones is 1. The summed E-state index contributed by atoms with van der Waals surface area (Å²) in [5.74, 6) is 0.119. The Morgan fingerprint density at radius 1 is 1.29 bits per heavy atom. The second-order valence-corrected chi connectivity index (χ2v) is 4.90. The molecule has 0 fully saturated rings. The Labute approximate surface area is 109 Å². The van der Waals surface area contributed by atoms with E-state index in [9.17, 15) is 4.79 Å². The summed E-state index contributed by atoms with van der Waals surface area (Å²) in [5, 5.41) is 0. The Kier molecular flexibility index (Phi) is 3.69. The highest BCUT2D eigenvalue weighted by molar-refractivity contribution is 9.10. The molecule has 17 heavy (non-hydrogen) atoms. The van der Waals surface area contributed by atoms with Crippen LogP contribution in [0.5, 0.6) is 0 Å². The van der Waals surface area contributed by atoms with Gasteiger partial charge in [-0.2, -0.15) is 0 Å². The number of rotatable bonds is 3. The molecule has 2 rings (SSSR count). The molecule has 86 valence electrons. The third kappa shape index (κ3) is 3.24. The average molecular weight is 290 g/mol. The quantitative estimate of drug-likeness (QED) is 0.809. The van der Waals surface area contributed by atoms with Crippen molar-refractivity contribution < 1.29 is 4.79 Å². The normalized spacial score (nSPS) is 10.2. The van der Waals surface area contributed by atoms with Gasteiger partial charge in [-0.1, -0.05) is 23.8 Å². The summed E-state index contributed by atoms with van der Waals surface area (Å²) in [4.78, 5) is 16.1. The lowest BCUT2D eigenvalue weighted by Crippen LogP contribution is -2.04. The van der Waals surface area contributed by atoms with Gasteiger partial charge in [-0.05, 0) is 40.5 Å². The minimum absolute atomic E-state index is 0.119. The van der Waals surface area contributed by atoms with Crippen LogP contribution in [0.2, 0.25) is 0 Å². The number of carbonyl (C=O) groups is 1. The molecule has 0 saturated carbocycles. The van der Waals surface area contributed by atoms with E-state index in [1.165, 1.54) is 0 Å². The first-order valence-electron chi connectivity index (χ1n) is 5.34. The number of nitrogens with zero attached hydrogens (tertiary/aromatic N) is 1. The third-order valence-electron chi connectivity index (χ3n) is 2.47. The molecule has 1 aromatic heterocycles. The average Bonchev–Trinajstić information content (AvgIpc) is 2.29. The van der Waals surface area contributed by atoms with Crippen LogP contribution in [-0.2, 0) is 6.42 Å². The van der Waals surface area contributed by atoms with Gasteiger partial charge in [-0.3, -0.25) is 9.78 Å². The van der Waals surface area contributed by atoms with Crippen LogP contribution in [0.1, 0.15) is 21.5 Å². The van der Waals surface area contributed by atoms with Crippen molar-refractivity contribution in [1.82, 2.24) is 4.98 Å². The van der Waals surface area contributed by atoms with Crippen LogP contribution >= 0.6 is 15.9 Å². The Morgan fingerprint density at radius 3 is 2.82 bits per heavy atom. The molecule has 0 saturated heterocycles. The van der Waals surface area contributed by atoms with Gasteiger partial charge in [0.05, 0.1) is 0 Å². The van der Waals surface area contributed by atoms with Crippen molar-refractivity contribution in [3.8, 4) is 0 Å². The van der Waals surface area contributed by atoms with Crippen LogP contribution in [-0.4, -0.2) is 10.8 Å². The predicted molar refractivity (Wildman–Crippen MR) is 71.2 cm³/mol. The first-order chi connectivity index (χ1) is 8.15. The zero-order valence-electron chi connectivity index (χ0n) is 9.48. The Balaban J connectivity index is 2.17. The molecule has 2 nitrogen and oxygen atoms in total. The van der Waals surface area contributed by atoms with Crippen LogP contribution in [0.15, 0.2) is 47.2 Å². The zero-order chi connectivity index (χ0) is 12.3. The maximum Gasteiger partial charge on any atom is 0.167 e. The summed E-state index contributed by atoms with van der Waals surface area (Å²) in [7, 11) is 0. The highest BCUT2D eigenvalue weighted by Gasteiger charge is 2.07. The summed E-state index contributed by atoms with van der Waals surface area (Å²) in [6, 6.07) is 9.56. The van der Waals surface area contributed by atoms with E-state index in [0.717, 1.165) is 21.2 Å². The minimum atomic E-state index is 0.119. The summed E-state index contributed by atoms with van der Waals surface area (Å²) < 4.78 is 0.895. The van der Waals surface area contributed by atoms with Crippen molar-refractivity contribution in [3.63, 3.8) is 0 Å².